The minimum absolute atomic E-state index is 0.0559. The summed E-state index contributed by atoms with van der Waals surface area (Å²) < 4.78 is 33.6. The Morgan fingerprint density at radius 2 is 2.05 bits per heavy atom. The molecule has 1 aliphatic heterocycles. The Balaban J connectivity index is 0.000000304. The predicted octanol–water partition coefficient (Wildman–Crippen LogP) is 5.37. The lowest BCUT2D eigenvalue weighted by Gasteiger charge is -2.40. The number of halogens is 2. The van der Waals surface area contributed by atoms with E-state index in [1.54, 1.807) is 40.3 Å². The molecule has 0 radical (unpaired) electrons. The first-order chi connectivity index (χ1) is 18.1. The van der Waals surface area contributed by atoms with Gasteiger partial charge >= 0.3 is 6.09 Å². The summed E-state index contributed by atoms with van der Waals surface area (Å²) in [7, 11) is 1.58. The summed E-state index contributed by atoms with van der Waals surface area (Å²) in [6.45, 7) is 8.74. The molecule has 8 nitrogen and oxygen atoms in total. The molecule has 1 saturated carbocycles. The molecule has 38 heavy (non-hydrogen) atoms. The number of amides is 1. The number of carbonyl (C=O) groups is 1. The number of allylic oxidation sites excluding steroid dienone is 2. The van der Waals surface area contributed by atoms with Crippen LogP contribution in [0.4, 0.5) is 19.4 Å². The molecule has 2 unspecified atom stereocenters. The third-order valence-electron chi connectivity index (χ3n) is 6.34. The highest BCUT2D eigenvalue weighted by atomic mass is 31.0. The van der Waals surface area contributed by atoms with Crippen LogP contribution in [0.3, 0.4) is 0 Å². The molecule has 11 heteroatoms. The van der Waals surface area contributed by atoms with Gasteiger partial charge in [0.05, 0.1) is 17.3 Å². The van der Waals surface area contributed by atoms with Gasteiger partial charge in [0.25, 0.3) is 5.66 Å². The molecule has 204 valence electrons. The molecule has 1 aliphatic carbocycles. The molecular weight excluding hydrogens is 509 g/mol. The van der Waals surface area contributed by atoms with E-state index in [1.807, 2.05) is 17.9 Å². The number of nitriles is 1. The molecule has 2 aromatic heterocycles. The Morgan fingerprint density at radius 1 is 1.32 bits per heavy atom. The Kier molecular flexibility index (Phi) is 10.1. The van der Waals surface area contributed by atoms with Crippen molar-refractivity contribution in [1.29, 1.82) is 5.26 Å². The van der Waals surface area contributed by atoms with Crippen LogP contribution < -0.4 is 4.90 Å². The maximum atomic E-state index is 14.1. The van der Waals surface area contributed by atoms with Gasteiger partial charge in [-0.25, -0.2) is 14.8 Å². The number of aromatic nitrogens is 3. The van der Waals surface area contributed by atoms with Crippen LogP contribution in [0.25, 0.3) is 5.57 Å². The molecule has 2 aliphatic rings. The van der Waals surface area contributed by atoms with Gasteiger partial charge < -0.3 is 14.5 Å². The molecule has 2 aromatic rings. The summed E-state index contributed by atoms with van der Waals surface area (Å²) in [6.07, 6.45) is 8.11. The number of hydrogen-bond donors (Lipinski definition) is 0. The number of alkyl halides is 2. The smallest absolute Gasteiger partial charge is 0.410 e. The van der Waals surface area contributed by atoms with Gasteiger partial charge in [0.2, 0.25) is 0 Å². The van der Waals surface area contributed by atoms with Gasteiger partial charge in [-0.2, -0.15) is 14.0 Å². The normalized spacial score (nSPS) is 17.8. The summed E-state index contributed by atoms with van der Waals surface area (Å²) in [6, 6.07) is 5.53. The van der Waals surface area contributed by atoms with Gasteiger partial charge in [0.1, 0.15) is 18.2 Å². The Bertz CT molecular complexity index is 1190. The molecule has 4 rings (SSSR count). The highest BCUT2D eigenvalue weighted by Crippen LogP contribution is 2.42. The van der Waals surface area contributed by atoms with E-state index in [2.05, 4.69) is 27.9 Å². The van der Waals surface area contributed by atoms with Crippen LogP contribution in [0.1, 0.15) is 62.5 Å². The zero-order valence-electron chi connectivity index (χ0n) is 22.3. The first kappa shape index (κ1) is 29.4. The highest BCUT2D eigenvalue weighted by Gasteiger charge is 2.36. The van der Waals surface area contributed by atoms with E-state index in [0.717, 1.165) is 31.4 Å². The van der Waals surface area contributed by atoms with E-state index < -0.39 is 5.66 Å². The second-order valence-electron chi connectivity index (χ2n) is 9.45. The number of anilines is 1. The van der Waals surface area contributed by atoms with Crippen molar-refractivity contribution in [3.8, 4) is 6.07 Å². The number of carbonyl (C=O) groups excluding carboxylic acids is 1. The fourth-order valence-electron chi connectivity index (χ4n) is 4.28. The summed E-state index contributed by atoms with van der Waals surface area (Å²) >= 11 is 0. The molecule has 0 bridgehead atoms. The number of aryl methyl sites for hydroxylation is 2. The van der Waals surface area contributed by atoms with Crippen LogP contribution in [0.2, 0.25) is 0 Å². The standard InChI is InChI=1S/C18H25F2N4O2P.C9H10N2/c1-4-14(18(19,20)27)15-12(3)21-10-22-16(15)23-7-8-24(11(2)9-23)17(25)26-13-5-6-13;1-2-3-9-6-8(7-10)4-5-11-9/h4,10-11,13H,5-9,27H2,1-3H3;4-6H,2-3H2,1H3/b14-4+;. The number of nitrogens with zero attached hydrogens (tertiary/aromatic N) is 6. The molecule has 0 N–H and O–H groups in total. The Hall–Kier alpha value is -3.18. The first-order valence-electron chi connectivity index (χ1n) is 12.8. The predicted molar refractivity (Wildman–Crippen MR) is 146 cm³/mol. The Morgan fingerprint density at radius 3 is 2.63 bits per heavy atom. The van der Waals surface area contributed by atoms with Crippen molar-refractivity contribution in [1.82, 2.24) is 19.9 Å². The van der Waals surface area contributed by atoms with Crippen LogP contribution in [0.5, 0.6) is 0 Å². The monoisotopic (exact) mass is 544 g/mol. The minimum Gasteiger partial charge on any atom is -0.446 e. The van der Waals surface area contributed by atoms with E-state index in [4.69, 9.17) is 10.00 Å². The number of hydrogen-bond acceptors (Lipinski definition) is 7. The fourth-order valence-corrected chi connectivity index (χ4v) is 4.59. The van der Waals surface area contributed by atoms with E-state index in [1.165, 1.54) is 12.4 Å². The number of pyridine rings is 1. The van der Waals surface area contributed by atoms with Crippen molar-refractivity contribution in [2.24, 2.45) is 0 Å². The van der Waals surface area contributed by atoms with E-state index >= 15 is 0 Å². The van der Waals surface area contributed by atoms with E-state index in [9.17, 15) is 13.6 Å². The molecule has 2 fully saturated rings. The van der Waals surface area contributed by atoms with Crippen molar-refractivity contribution >= 4 is 26.7 Å². The van der Waals surface area contributed by atoms with Crippen molar-refractivity contribution in [2.45, 2.75) is 71.2 Å². The van der Waals surface area contributed by atoms with Crippen LogP contribution in [-0.2, 0) is 11.2 Å². The summed E-state index contributed by atoms with van der Waals surface area (Å²) in [5, 5.41) is 8.55. The van der Waals surface area contributed by atoms with E-state index in [0.29, 0.717) is 42.3 Å². The zero-order chi connectivity index (χ0) is 27.9. The summed E-state index contributed by atoms with van der Waals surface area (Å²) in [4.78, 5) is 28.4. The first-order valence-corrected chi connectivity index (χ1v) is 13.4. The van der Waals surface area contributed by atoms with Crippen molar-refractivity contribution in [3.05, 3.63) is 53.2 Å². The lowest BCUT2D eigenvalue weighted by Crippen LogP contribution is -2.54. The van der Waals surface area contributed by atoms with Crippen LogP contribution in [0, 0.1) is 18.3 Å². The number of ether oxygens (including phenoxy) is 1. The topological polar surface area (TPSA) is 95.2 Å². The third kappa shape index (κ3) is 7.67. The molecule has 1 saturated heterocycles. The lowest BCUT2D eigenvalue weighted by atomic mass is 10.0. The lowest BCUT2D eigenvalue weighted by molar-refractivity contribution is 0.0792. The van der Waals surface area contributed by atoms with Crippen molar-refractivity contribution in [3.63, 3.8) is 0 Å². The molecule has 0 spiro atoms. The van der Waals surface area contributed by atoms with Gasteiger partial charge in [0.15, 0.2) is 0 Å². The Labute approximate surface area is 225 Å². The average molecular weight is 545 g/mol. The van der Waals surface area contributed by atoms with Crippen LogP contribution >= 0.6 is 9.24 Å². The van der Waals surface area contributed by atoms with Gasteiger partial charge in [-0.3, -0.25) is 4.98 Å². The number of piperazine rings is 1. The van der Waals surface area contributed by atoms with Gasteiger partial charge in [-0.1, -0.05) is 28.7 Å². The maximum Gasteiger partial charge on any atom is 0.410 e. The molecule has 2 atom stereocenters. The molecular formula is C27H35F2N6O2P. The summed E-state index contributed by atoms with van der Waals surface area (Å²) in [5.74, 6) is 0.472. The van der Waals surface area contributed by atoms with Gasteiger partial charge in [-0.15, -0.1) is 0 Å². The molecule has 3 heterocycles. The quantitative estimate of drug-likeness (QED) is 0.451. The number of rotatable bonds is 6. The molecule has 0 aromatic carbocycles. The largest absolute Gasteiger partial charge is 0.446 e. The minimum atomic E-state index is -3.08. The van der Waals surface area contributed by atoms with Crippen LogP contribution in [0.15, 0.2) is 30.7 Å². The third-order valence-corrected chi connectivity index (χ3v) is 6.65. The average Bonchev–Trinajstić information content (AvgIpc) is 3.69. The summed E-state index contributed by atoms with van der Waals surface area (Å²) in [5.41, 5.74) is -0.654. The van der Waals surface area contributed by atoms with E-state index in [-0.39, 0.29) is 23.8 Å². The van der Waals surface area contributed by atoms with Gasteiger partial charge in [-0.05, 0) is 52.2 Å². The maximum absolute atomic E-state index is 14.1. The van der Waals surface area contributed by atoms with Crippen molar-refractivity contribution < 1.29 is 18.3 Å². The SMILES string of the molecule is C/C=C(\c1c(C)ncnc1N1CCN(C(=O)OC2CC2)C(C)C1)C(F)(F)P.CCCc1cc(C#N)ccn1. The zero-order valence-corrected chi connectivity index (χ0v) is 23.5. The van der Waals surface area contributed by atoms with Crippen LogP contribution in [-0.4, -0.2) is 63.4 Å². The highest BCUT2D eigenvalue weighted by molar-refractivity contribution is 7.19. The second kappa shape index (κ2) is 13.1. The fraction of sp³-hybridized carbons (Fsp3) is 0.519. The van der Waals surface area contributed by atoms with Crippen molar-refractivity contribution in [2.75, 3.05) is 24.5 Å². The molecule has 1 amide bonds. The second-order valence-corrected chi connectivity index (χ2v) is 10.2. The van der Waals surface area contributed by atoms with Gasteiger partial charge in [0, 0.05) is 48.7 Å².